The van der Waals surface area contributed by atoms with Gasteiger partial charge in [0.1, 0.15) is 11.0 Å². The highest BCUT2D eigenvalue weighted by Gasteiger charge is 2.72. The number of carboxylic acid groups (broad SMARTS) is 1. The molecule has 0 aliphatic heterocycles. The van der Waals surface area contributed by atoms with Crippen molar-refractivity contribution in [3.63, 3.8) is 0 Å². The molecule has 3 aliphatic rings. The molecule has 4 aromatic rings. The van der Waals surface area contributed by atoms with Crippen molar-refractivity contribution in [2.75, 3.05) is 5.32 Å². The summed E-state index contributed by atoms with van der Waals surface area (Å²) in [6.07, 6.45) is 2.37. The zero-order valence-corrected chi connectivity index (χ0v) is 21.7. The fourth-order valence-corrected chi connectivity index (χ4v) is 6.35. The number of nitrogens with zero attached hydrogens (tertiary/aromatic N) is 5. The number of hydrogen-bond acceptors (Lipinski definition) is 8. The molecule has 3 aliphatic carbocycles. The number of aromatic carboxylic acids is 1. The molecule has 0 radical (unpaired) electrons. The number of carbonyl (C=O) groups is 1. The minimum Gasteiger partial charge on any atom is -0.476 e. The molecule has 0 saturated heterocycles. The van der Waals surface area contributed by atoms with Crippen molar-refractivity contribution in [1.29, 1.82) is 0 Å². The van der Waals surface area contributed by atoms with Crippen molar-refractivity contribution in [3.05, 3.63) is 73.6 Å². The number of benzene rings is 1. The van der Waals surface area contributed by atoms with E-state index in [1.165, 1.54) is 6.07 Å². The number of anilines is 1. The predicted octanol–water partition coefficient (Wildman–Crippen LogP) is 4.57. The molecular weight excluding hydrogens is 519 g/mol. The third-order valence-corrected chi connectivity index (χ3v) is 8.01. The summed E-state index contributed by atoms with van der Waals surface area (Å²) in [5.41, 5.74) is 0.727. The van der Waals surface area contributed by atoms with E-state index in [2.05, 4.69) is 20.4 Å². The van der Waals surface area contributed by atoms with Crippen LogP contribution in [-0.4, -0.2) is 35.8 Å². The highest BCUT2D eigenvalue weighted by atomic mass is 35.5. The van der Waals surface area contributed by atoms with E-state index in [9.17, 15) is 14.7 Å². The molecule has 0 spiro atoms. The topological polar surface area (TPSA) is 136 Å². The maximum absolute atomic E-state index is 13.5. The SMILES string of the molecule is Cc1nc(C23CC(c4nc5c([C@@H](C)Nc6ccc(Cl)nc6C(=O)O)cc(Cl)cc5c(=O)n4C)(C2)C3)no1. The van der Waals surface area contributed by atoms with Gasteiger partial charge in [0, 0.05) is 35.4 Å². The first-order chi connectivity index (χ1) is 17.5. The van der Waals surface area contributed by atoms with Gasteiger partial charge in [0.15, 0.2) is 11.5 Å². The molecule has 0 amide bonds. The van der Waals surface area contributed by atoms with E-state index >= 15 is 0 Å². The van der Waals surface area contributed by atoms with Gasteiger partial charge in [-0.2, -0.15) is 4.98 Å². The number of carboxylic acids is 1. The molecule has 3 heterocycles. The van der Waals surface area contributed by atoms with Crippen LogP contribution in [0.5, 0.6) is 0 Å². The molecule has 10 nitrogen and oxygen atoms in total. The van der Waals surface area contributed by atoms with Crippen molar-refractivity contribution in [2.24, 2.45) is 7.05 Å². The monoisotopic (exact) mass is 540 g/mol. The zero-order valence-electron chi connectivity index (χ0n) is 20.2. The highest BCUT2D eigenvalue weighted by Crippen LogP contribution is 2.73. The lowest BCUT2D eigenvalue weighted by atomic mass is 9.34. The second-order valence-electron chi connectivity index (χ2n) is 10.1. The fraction of sp³-hybridized carbons (Fsp3) is 0.360. The van der Waals surface area contributed by atoms with Gasteiger partial charge in [0.05, 0.1) is 22.6 Å². The summed E-state index contributed by atoms with van der Waals surface area (Å²) in [4.78, 5) is 38.6. The molecule has 12 heteroatoms. The minimum atomic E-state index is -1.21. The summed E-state index contributed by atoms with van der Waals surface area (Å²) in [5.74, 6) is 0.753. The van der Waals surface area contributed by atoms with Crippen LogP contribution < -0.4 is 10.9 Å². The van der Waals surface area contributed by atoms with Gasteiger partial charge in [-0.25, -0.2) is 14.8 Å². The quantitative estimate of drug-likeness (QED) is 0.337. The van der Waals surface area contributed by atoms with Gasteiger partial charge < -0.3 is 14.9 Å². The highest BCUT2D eigenvalue weighted by molar-refractivity contribution is 6.31. The van der Waals surface area contributed by atoms with Crippen LogP contribution >= 0.6 is 23.2 Å². The Hall–Kier alpha value is -3.50. The van der Waals surface area contributed by atoms with Crippen LogP contribution in [0.1, 0.15) is 65.8 Å². The summed E-state index contributed by atoms with van der Waals surface area (Å²) < 4.78 is 6.79. The maximum atomic E-state index is 13.5. The Balaban J connectivity index is 1.40. The fourth-order valence-electron chi connectivity index (χ4n) is 5.97. The standard InChI is InChI=1S/C25H22Cl2N6O4/c1-11(28-16-4-5-17(27)30-19(16)21(35)36)14-6-13(26)7-15-18(14)31-23(33(3)20(15)34)25-8-24(9-25,10-25)22-29-12(2)37-32-22/h4-7,11,28H,8-10H2,1-3H3,(H,35,36)/t11-,24?,25?/m1/s1. The van der Waals surface area contributed by atoms with E-state index in [1.807, 2.05) is 6.92 Å². The molecular formula is C25H22Cl2N6O4. The average Bonchev–Trinajstić information content (AvgIpc) is 3.22. The molecule has 7 rings (SSSR count). The molecule has 3 saturated carbocycles. The number of nitrogens with one attached hydrogen (secondary N) is 1. The van der Waals surface area contributed by atoms with E-state index in [0.29, 0.717) is 44.7 Å². The molecule has 1 aromatic carbocycles. The zero-order chi connectivity index (χ0) is 26.3. The average molecular weight is 541 g/mol. The Morgan fingerprint density at radius 3 is 2.54 bits per heavy atom. The van der Waals surface area contributed by atoms with Crippen molar-refractivity contribution in [3.8, 4) is 0 Å². The molecule has 2 bridgehead atoms. The minimum absolute atomic E-state index is 0.0749. The van der Waals surface area contributed by atoms with Crippen LogP contribution in [0.25, 0.3) is 10.9 Å². The Kier molecular flexibility index (Phi) is 5.16. The van der Waals surface area contributed by atoms with Gasteiger partial charge >= 0.3 is 5.97 Å². The molecule has 190 valence electrons. The number of hydrogen-bond donors (Lipinski definition) is 2. The number of fused-ring (bicyclic) bond motifs is 1. The van der Waals surface area contributed by atoms with Crippen LogP contribution in [0.2, 0.25) is 10.2 Å². The maximum Gasteiger partial charge on any atom is 0.356 e. The van der Waals surface area contributed by atoms with Crippen LogP contribution in [0.15, 0.2) is 33.6 Å². The lowest BCUT2D eigenvalue weighted by Crippen LogP contribution is -2.69. The third kappa shape index (κ3) is 3.53. The summed E-state index contributed by atoms with van der Waals surface area (Å²) in [7, 11) is 1.73. The van der Waals surface area contributed by atoms with Crippen molar-refractivity contribution in [2.45, 2.75) is 50.0 Å². The smallest absolute Gasteiger partial charge is 0.356 e. The number of rotatable bonds is 6. The summed E-state index contributed by atoms with van der Waals surface area (Å²) in [6, 6.07) is 5.98. The molecule has 1 atom stereocenters. The Bertz CT molecular complexity index is 1660. The van der Waals surface area contributed by atoms with Crippen molar-refractivity contribution >= 4 is 45.8 Å². The van der Waals surface area contributed by atoms with E-state index < -0.39 is 12.0 Å². The first-order valence-corrected chi connectivity index (χ1v) is 12.5. The molecule has 2 N–H and O–H groups in total. The number of halogens is 2. The predicted molar refractivity (Wildman–Crippen MR) is 136 cm³/mol. The lowest BCUT2D eigenvalue weighted by Gasteiger charge is -2.68. The molecule has 0 unspecified atom stereocenters. The Morgan fingerprint density at radius 2 is 1.89 bits per heavy atom. The molecule has 3 fully saturated rings. The van der Waals surface area contributed by atoms with Gasteiger partial charge in [-0.3, -0.25) is 9.36 Å². The first-order valence-electron chi connectivity index (χ1n) is 11.7. The largest absolute Gasteiger partial charge is 0.476 e. The first kappa shape index (κ1) is 23.9. The van der Waals surface area contributed by atoms with E-state index in [4.69, 9.17) is 32.7 Å². The number of aromatic nitrogens is 5. The molecule has 3 aromatic heterocycles. The summed E-state index contributed by atoms with van der Waals surface area (Å²) >= 11 is 12.3. The van der Waals surface area contributed by atoms with E-state index in [-0.39, 0.29) is 27.2 Å². The van der Waals surface area contributed by atoms with Gasteiger partial charge in [-0.05, 0) is 50.5 Å². The van der Waals surface area contributed by atoms with Crippen LogP contribution in [0.3, 0.4) is 0 Å². The third-order valence-electron chi connectivity index (χ3n) is 7.58. The van der Waals surface area contributed by atoms with Gasteiger partial charge in [0.25, 0.3) is 5.56 Å². The van der Waals surface area contributed by atoms with E-state index in [0.717, 1.165) is 19.3 Å². The Morgan fingerprint density at radius 1 is 1.16 bits per heavy atom. The van der Waals surface area contributed by atoms with Crippen LogP contribution in [0, 0.1) is 6.92 Å². The van der Waals surface area contributed by atoms with Crippen LogP contribution in [0.4, 0.5) is 5.69 Å². The Labute approximate surface area is 220 Å². The van der Waals surface area contributed by atoms with E-state index in [1.54, 1.807) is 36.7 Å². The van der Waals surface area contributed by atoms with Crippen molar-refractivity contribution < 1.29 is 14.4 Å². The van der Waals surface area contributed by atoms with Crippen LogP contribution in [-0.2, 0) is 17.9 Å². The number of pyridine rings is 1. The van der Waals surface area contributed by atoms with Gasteiger partial charge in [-0.15, -0.1) is 0 Å². The van der Waals surface area contributed by atoms with Gasteiger partial charge in [0.2, 0.25) is 5.89 Å². The normalized spacial score (nSPS) is 22.8. The summed E-state index contributed by atoms with van der Waals surface area (Å²) in [5, 5.41) is 17.7. The number of aryl methyl sites for hydroxylation is 1. The summed E-state index contributed by atoms with van der Waals surface area (Å²) in [6.45, 7) is 3.62. The lowest BCUT2D eigenvalue weighted by molar-refractivity contribution is -0.0846. The second-order valence-corrected chi connectivity index (χ2v) is 10.9. The molecule has 37 heavy (non-hydrogen) atoms. The van der Waals surface area contributed by atoms with Gasteiger partial charge in [-0.1, -0.05) is 28.4 Å². The second kappa shape index (κ2) is 8.00. The van der Waals surface area contributed by atoms with Crippen molar-refractivity contribution in [1.82, 2.24) is 24.7 Å².